The Morgan fingerprint density at radius 1 is 1.12 bits per heavy atom. The minimum Gasteiger partial charge on any atom is -0.320 e. The molecule has 0 aliphatic heterocycles. The third kappa shape index (κ3) is 2.62. The molecule has 0 saturated heterocycles. The van der Waals surface area contributed by atoms with Crippen LogP contribution in [0.2, 0.25) is 0 Å². The Balaban J connectivity index is 2.47. The maximum absolute atomic E-state index is 6.37. The van der Waals surface area contributed by atoms with E-state index < -0.39 is 0 Å². The molecule has 0 aliphatic carbocycles. The van der Waals surface area contributed by atoms with Crippen LogP contribution in [0.4, 0.5) is 0 Å². The van der Waals surface area contributed by atoms with Gasteiger partial charge in [0.15, 0.2) is 0 Å². The molecule has 1 aromatic carbocycles. The van der Waals surface area contributed by atoms with Crippen molar-refractivity contribution in [2.45, 2.75) is 26.8 Å². The Hall–Kier alpha value is -0.640. The largest absolute Gasteiger partial charge is 0.320 e. The van der Waals surface area contributed by atoms with Crippen LogP contribution in [0.1, 0.15) is 33.2 Å². The molecule has 0 saturated carbocycles. The van der Waals surface area contributed by atoms with Crippen LogP contribution in [0.3, 0.4) is 0 Å². The van der Waals surface area contributed by atoms with Crippen molar-refractivity contribution in [2.75, 3.05) is 0 Å². The zero-order valence-corrected chi connectivity index (χ0v) is 12.7. The molecule has 2 rings (SSSR count). The Morgan fingerprint density at radius 2 is 1.71 bits per heavy atom. The molecule has 1 nitrogen and oxygen atoms in total. The first-order valence-corrected chi connectivity index (χ1v) is 7.18. The molecule has 1 heterocycles. The molecule has 0 spiro atoms. The van der Waals surface area contributed by atoms with E-state index in [1.165, 1.54) is 27.1 Å². The standard InChI is InChI=1S/C14H16BrNS/c1-8-6-9(2)13(10(3)7-8)14(16)11-4-5-12(15)17-11/h4-7,14H,16H2,1-3H3. The van der Waals surface area contributed by atoms with E-state index in [1.54, 1.807) is 11.3 Å². The van der Waals surface area contributed by atoms with Crippen LogP contribution in [0, 0.1) is 20.8 Å². The lowest BCUT2D eigenvalue weighted by Gasteiger charge is -2.17. The zero-order chi connectivity index (χ0) is 12.6. The number of benzene rings is 1. The average Bonchev–Trinajstić information content (AvgIpc) is 2.63. The fourth-order valence-corrected chi connectivity index (χ4v) is 3.75. The molecule has 90 valence electrons. The molecular weight excluding hydrogens is 294 g/mol. The van der Waals surface area contributed by atoms with Gasteiger partial charge in [0.1, 0.15) is 0 Å². The van der Waals surface area contributed by atoms with Crippen LogP contribution in [-0.2, 0) is 0 Å². The highest BCUT2D eigenvalue weighted by molar-refractivity contribution is 9.11. The van der Waals surface area contributed by atoms with Gasteiger partial charge < -0.3 is 5.73 Å². The zero-order valence-electron chi connectivity index (χ0n) is 10.3. The fourth-order valence-electron chi connectivity index (χ4n) is 2.32. The first-order chi connectivity index (χ1) is 7.99. The third-order valence-electron chi connectivity index (χ3n) is 2.95. The van der Waals surface area contributed by atoms with E-state index in [0.29, 0.717) is 0 Å². The van der Waals surface area contributed by atoms with Gasteiger partial charge >= 0.3 is 0 Å². The van der Waals surface area contributed by atoms with Gasteiger partial charge in [-0.25, -0.2) is 0 Å². The monoisotopic (exact) mass is 309 g/mol. The van der Waals surface area contributed by atoms with Crippen molar-refractivity contribution in [3.05, 3.63) is 55.2 Å². The molecule has 1 aromatic heterocycles. The van der Waals surface area contributed by atoms with Crippen LogP contribution in [-0.4, -0.2) is 0 Å². The average molecular weight is 310 g/mol. The quantitative estimate of drug-likeness (QED) is 0.869. The van der Waals surface area contributed by atoms with Crippen LogP contribution in [0.15, 0.2) is 28.1 Å². The number of nitrogens with two attached hydrogens (primary N) is 1. The van der Waals surface area contributed by atoms with Crippen molar-refractivity contribution in [1.29, 1.82) is 0 Å². The summed E-state index contributed by atoms with van der Waals surface area (Å²) in [4.78, 5) is 1.20. The van der Waals surface area contributed by atoms with Crippen molar-refractivity contribution in [1.82, 2.24) is 0 Å². The SMILES string of the molecule is Cc1cc(C)c(C(N)c2ccc(Br)s2)c(C)c1. The predicted molar refractivity (Wildman–Crippen MR) is 78.7 cm³/mol. The van der Waals surface area contributed by atoms with Gasteiger partial charge in [-0.15, -0.1) is 11.3 Å². The van der Waals surface area contributed by atoms with E-state index >= 15 is 0 Å². The summed E-state index contributed by atoms with van der Waals surface area (Å²) in [5, 5.41) is 0. The minimum absolute atomic E-state index is 0.0214. The highest BCUT2D eigenvalue weighted by atomic mass is 79.9. The molecule has 2 N–H and O–H groups in total. The van der Waals surface area contributed by atoms with Crippen LogP contribution in [0.5, 0.6) is 0 Å². The van der Waals surface area contributed by atoms with Crippen LogP contribution >= 0.6 is 27.3 Å². The number of aryl methyl sites for hydroxylation is 3. The number of halogens is 1. The maximum atomic E-state index is 6.37. The van der Waals surface area contributed by atoms with Gasteiger partial charge in [-0.3, -0.25) is 0 Å². The van der Waals surface area contributed by atoms with Crippen molar-refractivity contribution in [3.63, 3.8) is 0 Å². The Morgan fingerprint density at radius 3 is 2.18 bits per heavy atom. The number of thiophene rings is 1. The molecule has 2 aromatic rings. The Bertz CT molecular complexity index is 522. The molecule has 0 radical (unpaired) electrons. The normalized spacial score (nSPS) is 12.8. The minimum atomic E-state index is -0.0214. The van der Waals surface area contributed by atoms with Crippen molar-refractivity contribution >= 4 is 27.3 Å². The van der Waals surface area contributed by atoms with Gasteiger partial charge in [-0.1, -0.05) is 17.7 Å². The first-order valence-electron chi connectivity index (χ1n) is 5.57. The van der Waals surface area contributed by atoms with Gasteiger partial charge in [-0.2, -0.15) is 0 Å². The van der Waals surface area contributed by atoms with Crippen molar-refractivity contribution < 1.29 is 0 Å². The second kappa shape index (κ2) is 4.92. The van der Waals surface area contributed by atoms with E-state index in [-0.39, 0.29) is 6.04 Å². The summed E-state index contributed by atoms with van der Waals surface area (Å²) in [5.74, 6) is 0. The molecular formula is C14H16BrNS. The maximum Gasteiger partial charge on any atom is 0.0702 e. The summed E-state index contributed by atoms with van der Waals surface area (Å²) >= 11 is 5.19. The van der Waals surface area contributed by atoms with Crippen molar-refractivity contribution in [3.8, 4) is 0 Å². The summed E-state index contributed by atoms with van der Waals surface area (Å²) in [6.07, 6.45) is 0. The van der Waals surface area contributed by atoms with Crippen molar-refractivity contribution in [2.24, 2.45) is 5.73 Å². The van der Waals surface area contributed by atoms with Gasteiger partial charge in [0.25, 0.3) is 0 Å². The van der Waals surface area contributed by atoms with Crippen LogP contribution < -0.4 is 5.73 Å². The topological polar surface area (TPSA) is 26.0 Å². The Kier molecular flexibility index (Phi) is 3.71. The summed E-state index contributed by atoms with van der Waals surface area (Å²) < 4.78 is 1.13. The highest BCUT2D eigenvalue weighted by Crippen LogP contribution is 2.32. The smallest absolute Gasteiger partial charge is 0.0702 e. The molecule has 0 bridgehead atoms. The van der Waals surface area contributed by atoms with E-state index in [9.17, 15) is 0 Å². The van der Waals surface area contributed by atoms with E-state index in [4.69, 9.17) is 5.73 Å². The molecule has 17 heavy (non-hydrogen) atoms. The van der Waals surface area contributed by atoms with E-state index in [0.717, 1.165) is 3.79 Å². The Labute approximate surface area is 115 Å². The number of rotatable bonds is 2. The molecule has 3 heteroatoms. The summed E-state index contributed by atoms with van der Waals surface area (Å²) in [6.45, 7) is 6.40. The summed E-state index contributed by atoms with van der Waals surface area (Å²) in [6, 6.07) is 8.53. The second-order valence-electron chi connectivity index (χ2n) is 4.43. The van der Waals surface area contributed by atoms with E-state index in [1.807, 2.05) is 0 Å². The van der Waals surface area contributed by atoms with Gasteiger partial charge in [0.2, 0.25) is 0 Å². The lowest BCUT2D eigenvalue weighted by atomic mass is 9.94. The lowest BCUT2D eigenvalue weighted by molar-refractivity contribution is 0.870. The molecule has 0 fully saturated rings. The van der Waals surface area contributed by atoms with Gasteiger partial charge in [-0.05, 0) is 65.5 Å². The van der Waals surface area contributed by atoms with Gasteiger partial charge in [0.05, 0.1) is 9.83 Å². The molecule has 1 atom stereocenters. The number of hydrogen-bond acceptors (Lipinski definition) is 2. The highest BCUT2D eigenvalue weighted by Gasteiger charge is 2.16. The summed E-state index contributed by atoms with van der Waals surface area (Å²) in [7, 11) is 0. The van der Waals surface area contributed by atoms with E-state index in [2.05, 4.69) is 61.0 Å². The first kappa shape index (κ1) is 12.8. The summed E-state index contributed by atoms with van der Waals surface area (Å²) in [5.41, 5.74) is 11.5. The van der Waals surface area contributed by atoms with Gasteiger partial charge in [0, 0.05) is 4.88 Å². The second-order valence-corrected chi connectivity index (χ2v) is 6.93. The fraction of sp³-hybridized carbons (Fsp3) is 0.286. The lowest BCUT2D eigenvalue weighted by Crippen LogP contribution is -2.13. The predicted octanol–water partition coefficient (Wildman–Crippen LogP) is 4.48. The molecule has 0 amide bonds. The van der Waals surface area contributed by atoms with Crippen LogP contribution in [0.25, 0.3) is 0 Å². The molecule has 0 aliphatic rings. The number of hydrogen-bond donors (Lipinski definition) is 1. The third-order valence-corrected chi connectivity index (χ3v) is 4.66. The molecule has 1 unspecified atom stereocenters.